The van der Waals surface area contributed by atoms with Crippen LogP contribution < -0.4 is 5.32 Å². The van der Waals surface area contributed by atoms with E-state index in [1.807, 2.05) is 6.20 Å². The number of hydrogen-bond acceptors (Lipinski definition) is 2. The summed E-state index contributed by atoms with van der Waals surface area (Å²) in [5.41, 5.74) is 8.20. The van der Waals surface area contributed by atoms with Gasteiger partial charge in [0.2, 0.25) is 0 Å². The van der Waals surface area contributed by atoms with Gasteiger partial charge in [-0.2, -0.15) is 5.10 Å². The van der Waals surface area contributed by atoms with Gasteiger partial charge in [-0.3, -0.25) is 5.10 Å². The summed E-state index contributed by atoms with van der Waals surface area (Å²) in [6.45, 7) is 7.94. The van der Waals surface area contributed by atoms with Crippen LogP contribution in [0.3, 0.4) is 0 Å². The molecule has 1 aromatic heterocycles. The van der Waals surface area contributed by atoms with Crippen molar-refractivity contribution in [1.29, 1.82) is 0 Å². The number of nitrogens with one attached hydrogen (secondary N) is 2. The normalized spacial score (nSPS) is 11.0. The lowest BCUT2D eigenvalue weighted by molar-refractivity contribution is 0.628. The van der Waals surface area contributed by atoms with Crippen molar-refractivity contribution in [3.8, 4) is 11.3 Å². The predicted octanol–water partition coefficient (Wildman–Crippen LogP) is 4.43. The van der Waals surface area contributed by atoms with Gasteiger partial charge in [0.1, 0.15) is 5.82 Å². The molecule has 0 radical (unpaired) electrons. The summed E-state index contributed by atoms with van der Waals surface area (Å²) in [6.07, 6.45) is 1.82. The van der Waals surface area contributed by atoms with Crippen molar-refractivity contribution in [2.24, 2.45) is 0 Å². The molecule has 0 saturated heterocycles. The van der Waals surface area contributed by atoms with Gasteiger partial charge in [-0.05, 0) is 61.7 Å². The first-order valence-electron chi connectivity index (χ1n) is 8.10. The molecule has 3 rings (SSSR count). The molecule has 0 bridgehead atoms. The minimum Gasteiger partial charge on any atom is -0.308 e. The number of rotatable bonds is 5. The van der Waals surface area contributed by atoms with E-state index in [-0.39, 0.29) is 5.82 Å². The average Bonchev–Trinajstić information content (AvgIpc) is 2.99. The van der Waals surface area contributed by atoms with E-state index in [0.717, 1.165) is 23.4 Å². The van der Waals surface area contributed by atoms with Gasteiger partial charge >= 0.3 is 0 Å². The number of aromatic amines is 1. The second kappa shape index (κ2) is 6.97. The average molecular weight is 323 g/mol. The smallest absolute Gasteiger partial charge is 0.123 e. The quantitative estimate of drug-likeness (QED) is 0.729. The zero-order valence-corrected chi connectivity index (χ0v) is 14.3. The Bertz CT molecular complexity index is 811. The first-order valence-corrected chi connectivity index (χ1v) is 8.10. The molecule has 1 heterocycles. The highest BCUT2D eigenvalue weighted by Gasteiger charge is 2.09. The van der Waals surface area contributed by atoms with Crippen LogP contribution in [0.2, 0.25) is 0 Å². The number of H-pyrrole nitrogens is 1. The lowest BCUT2D eigenvalue weighted by atomic mass is 10.00. The van der Waals surface area contributed by atoms with Gasteiger partial charge in [-0.15, -0.1) is 0 Å². The molecule has 0 saturated carbocycles. The zero-order valence-electron chi connectivity index (χ0n) is 14.3. The highest BCUT2D eigenvalue weighted by atomic mass is 19.1. The Morgan fingerprint density at radius 1 is 1.00 bits per heavy atom. The Morgan fingerprint density at radius 3 is 2.33 bits per heavy atom. The third-order valence-corrected chi connectivity index (χ3v) is 4.31. The Morgan fingerprint density at radius 2 is 1.67 bits per heavy atom. The molecule has 0 aliphatic rings. The van der Waals surface area contributed by atoms with Crippen LogP contribution in [0.25, 0.3) is 11.3 Å². The monoisotopic (exact) mass is 323 g/mol. The van der Waals surface area contributed by atoms with E-state index in [1.165, 1.54) is 34.4 Å². The molecule has 4 heteroatoms. The SMILES string of the molecule is Cc1cc(C)c(CNCc2cn[nH]c2-c2ccc(F)cc2)c(C)c1. The Hall–Kier alpha value is -2.46. The maximum absolute atomic E-state index is 13.1. The number of benzene rings is 2. The molecule has 0 atom stereocenters. The summed E-state index contributed by atoms with van der Waals surface area (Å²) in [6, 6.07) is 10.9. The van der Waals surface area contributed by atoms with Crippen molar-refractivity contribution >= 4 is 0 Å². The molecular formula is C20H22FN3. The van der Waals surface area contributed by atoms with E-state index >= 15 is 0 Å². The van der Waals surface area contributed by atoms with Crippen LogP contribution in [0, 0.1) is 26.6 Å². The Kier molecular flexibility index (Phi) is 4.76. The molecule has 24 heavy (non-hydrogen) atoms. The predicted molar refractivity (Wildman–Crippen MR) is 95.2 cm³/mol. The summed E-state index contributed by atoms with van der Waals surface area (Å²) >= 11 is 0. The lowest BCUT2D eigenvalue weighted by Crippen LogP contribution is -2.15. The lowest BCUT2D eigenvalue weighted by Gasteiger charge is -2.12. The van der Waals surface area contributed by atoms with Crippen LogP contribution in [0.15, 0.2) is 42.6 Å². The van der Waals surface area contributed by atoms with Crippen LogP contribution >= 0.6 is 0 Å². The molecule has 124 valence electrons. The van der Waals surface area contributed by atoms with Gasteiger partial charge < -0.3 is 5.32 Å². The molecule has 3 aromatic rings. The molecule has 0 spiro atoms. The fourth-order valence-electron chi connectivity index (χ4n) is 3.12. The number of hydrogen-bond donors (Lipinski definition) is 2. The van der Waals surface area contributed by atoms with Gasteiger partial charge in [-0.25, -0.2) is 4.39 Å². The van der Waals surface area contributed by atoms with Crippen LogP contribution in [-0.4, -0.2) is 10.2 Å². The maximum Gasteiger partial charge on any atom is 0.123 e. The number of nitrogens with zero attached hydrogens (tertiary/aromatic N) is 1. The summed E-state index contributed by atoms with van der Waals surface area (Å²) in [5.74, 6) is -0.233. The van der Waals surface area contributed by atoms with Gasteiger partial charge in [0, 0.05) is 24.2 Å². The topological polar surface area (TPSA) is 40.7 Å². The van der Waals surface area contributed by atoms with Crippen molar-refractivity contribution in [2.45, 2.75) is 33.9 Å². The second-order valence-electron chi connectivity index (χ2n) is 6.26. The van der Waals surface area contributed by atoms with E-state index in [9.17, 15) is 4.39 Å². The number of aromatic nitrogens is 2. The summed E-state index contributed by atoms with van der Waals surface area (Å²) in [4.78, 5) is 0. The molecule has 0 unspecified atom stereocenters. The van der Waals surface area contributed by atoms with Crippen molar-refractivity contribution in [3.63, 3.8) is 0 Å². The van der Waals surface area contributed by atoms with Crippen molar-refractivity contribution in [1.82, 2.24) is 15.5 Å². The maximum atomic E-state index is 13.1. The van der Waals surface area contributed by atoms with Gasteiger partial charge in [0.15, 0.2) is 0 Å². The molecular weight excluding hydrogens is 301 g/mol. The molecule has 2 aromatic carbocycles. The van der Waals surface area contributed by atoms with E-state index in [1.54, 1.807) is 12.1 Å². The van der Waals surface area contributed by atoms with E-state index in [2.05, 4.69) is 48.4 Å². The minimum absolute atomic E-state index is 0.233. The highest BCUT2D eigenvalue weighted by Crippen LogP contribution is 2.22. The van der Waals surface area contributed by atoms with Crippen LogP contribution in [0.1, 0.15) is 27.8 Å². The highest BCUT2D eigenvalue weighted by molar-refractivity contribution is 5.62. The van der Waals surface area contributed by atoms with Gasteiger partial charge in [0.25, 0.3) is 0 Å². The Labute approximate surface area is 141 Å². The molecule has 2 N–H and O–H groups in total. The fourth-order valence-corrected chi connectivity index (χ4v) is 3.12. The molecule has 3 nitrogen and oxygen atoms in total. The van der Waals surface area contributed by atoms with E-state index < -0.39 is 0 Å². The second-order valence-corrected chi connectivity index (χ2v) is 6.26. The molecule has 0 aliphatic heterocycles. The van der Waals surface area contributed by atoms with Crippen LogP contribution in [0.5, 0.6) is 0 Å². The summed E-state index contributed by atoms with van der Waals surface area (Å²) in [5, 5.41) is 10.6. The first kappa shape index (κ1) is 16.4. The number of halogens is 1. The third kappa shape index (κ3) is 3.54. The molecule has 0 fully saturated rings. The Balaban J connectivity index is 1.71. The van der Waals surface area contributed by atoms with Gasteiger partial charge in [-0.1, -0.05) is 17.7 Å². The number of aryl methyl sites for hydroxylation is 3. The summed E-state index contributed by atoms with van der Waals surface area (Å²) in [7, 11) is 0. The molecule has 0 aliphatic carbocycles. The van der Waals surface area contributed by atoms with Crippen LogP contribution in [-0.2, 0) is 13.1 Å². The summed E-state index contributed by atoms with van der Waals surface area (Å²) < 4.78 is 13.1. The first-order chi connectivity index (χ1) is 11.5. The van der Waals surface area contributed by atoms with E-state index in [4.69, 9.17) is 0 Å². The van der Waals surface area contributed by atoms with Crippen LogP contribution in [0.4, 0.5) is 4.39 Å². The van der Waals surface area contributed by atoms with Crippen molar-refractivity contribution in [3.05, 3.63) is 76.2 Å². The van der Waals surface area contributed by atoms with E-state index in [0.29, 0.717) is 6.54 Å². The van der Waals surface area contributed by atoms with Crippen molar-refractivity contribution in [2.75, 3.05) is 0 Å². The fraction of sp³-hybridized carbons (Fsp3) is 0.250. The largest absolute Gasteiger partial charge is 0.308 e. The standard InChI is InChI=1S/C20H22FN3/c1-13-8-14(2)19(15(3)9-13)12-22-10-17-11-23-24-20(17)16-4-6-18(21)7-5-16/h4-9,11,22H,10,12H2,1-3H3,(H,23,24). The van der Waals surface area contributed by atoms with Gasteiger partial charge in [0.05, 0.1) is 11.9 Å². The molecule has 0 amide bonds. The third-order valence-electron chi connectivity index (χ3n) is 4.31. The van der Waals surface area contributed by atoms with Crippen molar-refractivity contribution < 1.29 is 4.39 Å². The minimum atomic E-state index is -0.233. The zero-order chi connectivity index (χ0) is 17.1.